The topological polar surface area (TPSA) is 70.7 Å². The molecule has 130 valence electrons. The van der Waals surface area contributed by atoms with Crippen molar-refractivity contribution in [3.8, 4) is 0 Å². The Morgan fingerprint density at radius 3 is 2.56 bits per heavy atom. The second-order valence-electron chi connectivity index (χ2n) is 5.62. The lowest BCUT2D eigenvalue weighted by Gasteiger charge is -2.18. The van der Waals surface area contributed by atoms with Crippen LogP contribution in [0.25, 0.3) is 11.0 Å². The van der Waals surface area contributed by atoms with Gasteiger partial charge in [0.1, 0.15) is 23.1 Å². The van der Waals surface area contributed by atoms with Gasteiger partial charge in [-0.05, 0) is 19.9 Å². The molecule has 25 heavy (non-hydrogen) atoms. The summed E-state index contributed by atoms with van der Waals surface area (Å²) in [4.78, 5) is 22.5. The highest BCUT2D eigenvalue weighted by Gasteiger charge is 2.20. The number of halogens is 3. The van der Waals surface area contributed by atoms with E-state index in [0.29, 0.717) is 22.7 Å². The number of aryl methyl sites for hydroxylation is 1. The van der Waals surface area contributed by atoms with Gasteiger partial charge in [0.15, 0.2) is 0 Å². The summed E-state index contributed by atoms with van der Waals surface area (Å²) in [7, 11) is 0. The van der Waals surface area contributed by atoms with Crippen LogP contribution in [0.1, 0.15) is 36.3 Å². The second kappa shape index (κ2) is 6.54. The highest BCUT2D eigenvalue weighted by molar-refractivity contribution is 5.86. The number of aromatic amines is 1. The summed E-state index contributed by atoms with van der Waals surface area (Å²) >= 11 is 0. The fourth-order valence-corrected chi connectivity index (χ4v) is 2.62. The third-order valence-corrected chi connectivity index (χ3v) is 3.81. The minimum atomic E-state index is -2.89. The number of aromatic nitrogens is 3. The van der Waals surface area contributed by atoms with Crippen molar-refractivity contribution in [1.82, 2.24) is 15.0 Å². The minimum absolute atomic E-state index is 0.103. The molecule has 0 amide bonds. The summed E-state index contributed by atoms with van der Waals surface area (Å²) in [5.41, 5.74) is -0.498. The molecular weight excluding hydrogens is 333 g/mol. The number of fused-ring (bicyclic) bond motifs is 1. The molecule has 2 heterocycles. The third-order valence-electron chi connectivity index (χ3n) is 3.81. The summed E-state index contributed by atoms with van der Waals surface area (Å²) in [6.45, 7) is 3.29. The Bertz CT molecular complexity index is 987. The quantitative estimate of drug-likeness (QED) is 0.751. The Hall–Kier alpha value is -2.90. The first-order valence-electron chi connectivity index (χ1n) is 7.57. The van der Waals surface area contributed by atoms with Crippen LogP contribution in [0.4, 0.5) is 19.0 Å². The number of rotatable bonds is 4. The Morgan fingerprint density at radius 2 is 1.84 bits per heavy atom. The van der Waals surface area contributed by atoms with Crippen LogP contribution in [0.3, 0.4) is 0 Å². The van der Waals surface area contributed by atoms with Gasteiger partial charge in [0.2, 0.25) is 5.56 Å². The van der Waals surface area contributed by atoms with Crippen LogP contribution in [-0.2, 0) is 0 Å². The predicted octanol–water partition coefficient (Wildman–Crippen LogP) is 3.88. The summed E-state index contributed by atoms with van der Waals surface area (Å²) in [5.74, 6) is -0.153. The first-order chi connectivity index (χ1) is 11.9. The molecule has 8 heteroatoms. The molecule has 0 saturated carbocycles. The van der Waals surface area contributed by atoms with Crippen LogP contribution in [0.2, 0.25) is 0 Å². The van der Waals surface area contributed by atoms with Crippen LogP contribution in [0.5, 0.6) is 0 Å². The van der Waals surface area contributed by atoms with Crippen molar-refractivity contribution in [3.63, 3.8) is 0 Å². The fraction of sp³-hybridized carbons (Fsp3) is 0.235. The largest absolute Gasteiger partial charge is 0.363 e. The van der Waals surface area contributed by atoms with E-state index in [1.807, 2.05) is 0 Å². The monoisotopic (exact) mass is 348 g/mol. The molecule has 2 N–H and O–H groups in total. The molecule has 3 aromatic rings. The number of alkyl halides is 2. The Labute approximate surface area is 140 Å². The molecule has 3 rings (SSSR count). The van der Waals surface area contributed by atoms with E-state index in [-0.39, 0.29) is 11.1 Å². The van der Waals surface area contributed by atoms with E-state index >= 15 is 0 Å². The maximum atomic E-state index is 14.3. The van der Waals surface area contributed by atoms with Gasteiger partial charge in [-0.2, -0.15) is 0 Å². The van der Waals surface area contributed by atoms with E-state index in [9.17, 15) is 18.0 Å². The molecule has 0 bridgehead atoms. The average molecular weight is 348 g/mol. The number of hydrogen-bond donors (Lipinski definition) is 2. The molecule has 0 aliphatic heterocycles. The lowest BCUT2D eigenvalue weighted by Crippen LogP contribution is -2.13. The van der Waals surface area contributed by atoms with E-state index in [2.05, 4.69) is 20.3 Å². The third kappa shape index (κ3) is 3.33. The number of H-pyrrole nitrogens is 1. The van der Waals surface area contributed by atoms with E-state index < -0.39 is 23.8 Å². The predicted molar refractivity (Wildman–Crippen MR) is 88.3 cm³/mol. The minimum Gasteiger partial charge on any atom is -0.363 e. The first-order valence-corrected chi connectivity index (χ1v) is 7.57. The summed E-state index contributed by atoms with van der Waals surface area (Å²) in [6.07, 6.45) is -2.89. The van der Waals surface area contributed by atoms with Crippen LogP contribution in [-0.4, -0.2) is 15.0 Å². The molecule has 1 atom stereocenters. The fourth-order valence-electron chi connectivity index (χ4n) is 2.62. The Balaban J connectivity index is 2.02. The van der Waals surface area contributed by atoms with Gasteiger partial charge in [-0.25, -0.2) is 23.1 Å². The lowest BCUT2D eigenvalue weighted by molar-refractivity contribution is 0.146. The molecule has 0 radical (unpaired) electrons. The van der Waals surface area contributed by atoms with Crippen molar-refractivity contribution in [1.29, 1.82) is 0 Å². The standard InChI is InChI=1S/C17H15F3N4O/c1-8(10-4-3-5-11(14(10)18)15(19)20)21-16-12-6-7-13(25)24-17(12)23-9(2)22-16/h3-8,15H,1-2H3,(H2,21,22,23,24,25)/t8-/m1/s1. The molecule has 0 fully saturated rings. The maximum absolute atomic E-state index is 14.3. The zero-order chi connectivity index (χ0) is 18.1. The van der Waals surface area contributed by atoms with Crippen molar-refractivity contribution in [2.24, 2.45) is 0 Å². The van der Waals surface area contributed by atoms with Gasteiger partial charge < -0.3 is 10.3 Å². The molecule has 1 aromatic carbocycles. The Morgan fingerprint density at radius 1 is 1.12 bits per heavy atom. The first kappa shape index (κ1) is 16.9. The van der Waals surface area contributed by atoms with Crippen molar-refractivity contribution in [2.45, 2.75) is 26.3 Å². The summed E-state index contributed by atoms with van der Waals surface area (Å²) in [6, 6.07) is 6.15. The van der Waals surface area contributed by atoms with E-state index in [1.165, 1.54) is 18.2 Å². The van der Waals surface area contributed by atoms with Gasteiger partial charge in [-0.1, -0.05) is 18.2 Å². The number of benzene rings is 1. The molecule has 2 aromatic heterocycles. The molecule has 0 spiro atoms. The molecular formula is C17H15F3N4O. The van der Waals surface area contributed by atoms with Crippen molar-refractivity contribution < 1.29 is 13.2 Å². The van der Waals surface area contributed by atoms with E-state index in [4.69, 9.17) is 0 Å². The molecule has 0 unspecified atom stereocenters. The van der Waals surface area contributed by atoms with Crippen molar-refractivity contribution in [2.75, 3.05) is 5.32 Å². The van der Waals surface area contributed by atoms with Gasteiger partial charge in [0.05, 0.1) is 17.0 Å². The van der Waals surface area contributed by atoms with E-state index in [1.54, 1.807) is 19.9 Å². The average Bonchev–Trinajstić information content (AvgIpc) is 2.53. The molecule has 5 nitrogen and oxygen atoms in total. The van der Waals surface area contributed by atoms with Crippen LogP contribution in [0.15, 0.2) is 35.1 Å². The normalized spacial score (nSPS) is 12.6. The Kier molecular flexibility index (Phi) is 4.43. The smallest absolute Gasteiger partial charge is 0.266 e. The number of hydrogen-bond acceptors (Lipinski definition) is 4. The highest BCUT2D eigenvalue weighted by atomic mass is 19.3. The summed E-state index contributed by atoms with van der Waals surface area (Å²) in [5, 5.41) is 3.55. The van der Waals surface area contributed by atoms with Gasteiger partial charge >= 0.3 is 0 Å². The SMILES string of the molecule is Cc1nc(N[C@H](C)c2cccc(C(F)F)c2F)c2ccc(=O)[nH]c2n1. The number of pyridine rings is 1. The second-order valence-corrected chi connectivity index (χ2v) is 5.62. The number of nitrogens with zero attached hydrogens (tertiary/aromatic N) is 2. The van der Waals surface area contributed by atoms with Gasteiger partial charge in [0, 0.05) is 11.6 Å². The maximum Gasteiger partial charge on any atom is 0.266 e. The van der Waals surface area contributed by atoms with Crippen LogP contribution < -0.4 is 10.9 Å². The molecule has 0 aliphatic rings. The summed E-state index contributed by atoms with van der Waals surface area (Å²) < 4.78 is 40.1. The zero-order valence-electron chi connectivity index (χ0n) is 13.5. The van der Waals surface area contributed by atoms with Crippen molar-refractivity contribution >= 4 is 16.9 Å². The lowest BCUT2D eigenvalue weighted by atomic mass is 10.0. The van der Waals surface area contributed by atoms with Crippen LogP contribution >= 0.6 is 0 Å². The van der Waals surface area contributed by atoms with Gasteiger partial charge in [-0.3, -0.25) is 4.79 Å². The number of anilines is 1. The van der Waals surface area contributed by atoms with Gasteiger partial charge in [-0.15, -0.1) is 0 Å². The van der Waals surface area contributed by atoms with Gasteiger partial charge in [0.25, 0.3) is 6.43 Å². The van der Waals surface area contributed by atoms with Crippen molar-refractivity contribution in [3.05, 3.63) is 63.5 Å². The van der Waals surface area contributed by atoms with Crippen LogP contribution in [0, 0.1) is 12.7 Å². The molecule has 0 aliphatic carbocycles. The zero-order valence-corrected chi connectivity index (χ0v) is 13.5. The highest BCUT2D eigenvalue weighted by Crippen LogP contribution is 2.29. The number of nitrogens with one attached hydrogen (secondary N) is 2. The van der Waals surface area contributed by atoms with E-state index in [0.717, 1.165) is 6.07 Å². The molecule has 0 saturated heterocycles.